The third kappa shape index (κ3) is 3.64. The standard InChI is InChI=1S/C18H18N6O3/c25-24(26)15-5-3-4-14(12-15)18-20-16(17-6-1-2-7-23(17)18)13-19-21-22-8-10-27-11-9-22/h1-7,12-13,21H,8-11H2. The molecule has 0 radical (unpaired) electrons. The predicted molar refractivity (Wildman–Crippen MR) is 100 cm³/mol. The van der Waals surface area contributed by atoms with E-state index in [0.717, 1.165) is 18.6 Å². The number of ether oxygens (including phenoxy) is 1. The van der Waals surface area contributed by atoms with Crippen LogP contribution in [0.1, 0.15) is 5.69 Å². The molecular formula is C18H18N6O3. The monoisotopic (exact) mass is 366 g/mol. The first-order valence-corrected chi connectivity index (χ1v) is 8.56. The number of hydrazine groups is 1. The van der Waals surface area contributed by atoms with Gasteiger partial charge in [0.15, 0.2) is 0 Å². The molecule has 0 aliphatic carbocycles. The second-order valence-corrected chi connectivity index (χ2v) is 6.04. The van der Waals surface area contributed by atoms with Crippen molar-refractivity contribution in [3.8, 4) is 11.4 Å². The van der Waals surface area contributed by atoms with Crippen LogP contribution in [0.2, 0.25) is 0 Å². The van der Waals surface area contributed by atoms with Gasteiger partial charge in [0.25, 0.3) is 5.69 Å². The van der Waals surface area contributed by atoms with Crippen molar-refractivity contribution < 1.29 is 9.66 Å². The van der Waals surface area contributed by atoms with Gasteiger partial charge in [-0.25, -0.2) is 15.5 Å². The van der Waals surface area contributed by atoms with E-state index >= 15 is 0 Å². The van der Waals surface area contributed by atoms with E-state index in [0.29, 0.717) is 30.3 Å². The number of rotatable bonds is 5. The molecule has 0 atom stereocenters. The minimum atomic E-state index is -0.409. The molecule has 3 aromatic rings. The number of nitrogens with zero attached hydrogens (tertiary/aromatic N) is 5. The molecule has 2 aromatic heterocycles. The number of nitrogens with one attached hydrogen (secondary N) is 1. The van der Waals surface area contributed by atoms with Crippen molar-refractivity contribution in [3.05, 3.63) is 64.5 Å². The minimum absolute atomic E-state index is 0.0318. The molecule has 1 aliphatic rings. The van der Waals surface area contributed by atoms with Gasteiger partial charge in [0, 0.05) is 37.0 Å². The highest BCUT2D eigenvalue weighted by Crippen LogP contribution is 2.25. The lowest BCUT2D eigenvalue weighted by atomic mass is 10.2. The van der Waals surface area contributed by atoms with E-state index in [-0.39, 0.29) is 5.69 Å². The number of hydrogen-bond acceptors (Lipinski definition) is 7. The van der Waals surface area contributed by atoms with Crippen molar-refractivity contribution in [2.45, 2.75) is 0 Å². The number of benzene rings is 1. The van der Waals surface area contributed by atoms with Crippen LogP contribution >= 0.6 is 0 Å². The molecule has 4 rings (SSSR count). The molecule has 0 spiro atoms. The van der Waals surface area contributed by atoms with E-state index in [1.807, 2.05) is 39.9 Å². The first kappa shape index (κ1) is 17.1. The van der Waals surface area contributed by atoms with Gasteiger partial charge in [-0.2, -0.15) is 5.10 Å². The average molecular weight is 366 g/mol. The molecule has 0 unspecified atom stereocenters. The van der Waals surface area contributed by atoms with E-state index in [1.165, 1.54) is 12.1 Å². The Kier molecular flexibility index (Phi) is 4.77. The molecule has 3 heterocycles. The van der Waals surface area contributed by atoms with Crippen LogP contribution in [-0.2, 0) is 4.74 Å². The highest BCUT2D eigenvalue weighted by molar-refractivity contribution is 5.89. The number of hydrazone groups is 1. The van der Waals surface area contributed by atoms with Crippen molar-refractivity contribution in [1.29, 1.82) is 0 Å². The number of pyridine rings is 1. The number of nitro benzene ring substituents is 1. The fraction of sp³-hybridized carbons (Fsp3) is 0.222. The van der Waals surface area contributed by atoms with E-state index < -0.39 is 4.92 Å². The normalized spacial score (nSPS) is 15.4. The molecule has 1 saturated heterocycles. The zero-order valence-corrected chi connectivity index (χ0v) is 14.5. The van der Waals surface area contributed by atoms with Crippen molar-refractivity contribution in [1.82, 2.24) is 19.9 Å². The van der Waals surface area contributed by atoms with Gasteiger partial charge >= 0.3 is 0 Å². The van der Waals surface area contributed by atoms with E-state index in [1.54, 1.807) is 12.3 Å². The number of nitro groups is 1. The molecule has 9 nitrogen and oxygen atoms in total. The summed E-state index contributed by atoms with van der Waals surface area (Å²) in [4.78, 5) is 15.3. The molecule has 1 aliphatic heterocycles. The first-order valence-electron chi connectivity index (χ1n) is 8.56. The second kappa shape index (κ2) is 7.52. The fourth-order valence-electron chi connectivity index (χ4n) is 2.95. The molecule has 1 fully saturated rings. The lowest BCUT2D eigenvalue weighted by Crippen LogP contribution is -2.43. The third-order valence-electron chi connectivity index (χ3n) is 4.29. The summed E-state index contributed by atoms with van der Waals surface area (Å²) < 4.78 is 7.20. The molecule has 0 saturated carbocycles. The van der Waals surface area contributed by atoms with Crippen LogP contribution in [0.4, 0.5) is 5.69 Å². The van der Waals surface area contributed by atoms with Gasteiger partial charge < -0.3 is 4.74 Å². The quantitative estimate of drug-likeness (QED) is 0.422. The van der Waals surface area contributed by atoms with Gasteiger partial charge in [-0.1, -0.05) is 18.2 Å². The van der Waals surface area contributed by atoms with E-state index in [4.69, 9.17) is 4.74 Å². The molecule has 9 heteroatoms. The summed E-state index contributed by atoms with van der Waals surface area (Å²) in [6.45, 7) is 2.88. The van der Waals surface area contributed by atoms with Crippen molar-refractivity contribution in [2.24, 2.45) is 5.10 Å². The summed E-state index contributed by atoms with van der Waals surface area (Å²) in [6, 6.07) is 12.2. The lowest BCUT2D eigenvalue weighted by molar-refractivity contribution is -0.384. The number of aromatic nitrogens is 2. The van der Waals surface area contributed by atoms with E-state index in [2.05, 4.69) is 15.6 Å². The Bertz CT molecular complexity index is 994. The Morgan fingerprint density at radius 2 is 2.07 bits per heavy atom. The largest absolute Gasteiger partial charge is 0.379 e. The summed E-state index contributed by atoms with van der Waals surface area (Å²) in [5, 5.41) is 17.3. The maximum Gasteiger partial charge on any atom is 0.270 e. The lowest BCUT2D eigenvalue weighted by Gasteiger charge is -2.25. The summed E-state index contributed by atoms with van der Waals surface area (Å²) in [5.74, 6) is 0.627. The Balaban J connectivity index is 1.66. The highest BCUT2D eigenvalue weighted by Gasteiger charge is 2.14. The Hall–Kier alpha value is -3.30. The van der Waals surface area contributed by atoms with Crippen LogP contribution in [0.3, 0.4) is 0 Å². The highest BCUT2D eigenvalue weighted by atomic mass is 16.6. The second-order valence-electron chi connectivity index (χ2n) is 6.04. The predicted octanol–water partition coefficient (Wildman–Crippen LogP) is 2.08. The van der Waals surface area contributed by atoms with Crippen LogP contribution in [-0.4, -0.2) is 51.8 Å². The van der Waals surface area contributed by atoms with Crippen LogP contribution in [0.25, 0.3) is 16.9 Å². The molecular weight excluding hydrogens is 348 g/mol. The number of morpholine rings is 1. The zero-order valence-electron chi connectivity index (χ0n) is 14.5. The first-order chi connectivity index (χ1) is 13.2. The topological polar surface area (TPSA) is 97.3 Å². The number of fused-ring (bicyclic) bond motifs is 1. The van der Waals surface area contributed by atoms with E-state index in [9.17, 15) is 10.1 Å². The van der Waals surface area contributed by atoms with Gasteiger partial charge in [-0.05, 0) is 12.1 Å². The summed E-state index contributed by atoms with van der Waals surface area (Å²) >= 11 is 0. The summed E-state index contributed by atoms with van der Waals surface area (Å²) in [6.07, 6.45) is 3.54. The van der Waals surface area contributed by atoms with Crippen molar-refractivity contribution >= 4 is 17.4 Å². The minimum Gasteiger partial charge on any atom is -0.379 e. The Labute approximate surface area is 155 Å². The Morgan fingerprint density at radius 1 is 1.22 bits per heavy atom. The van der Waals surface area contributed by atoms with Gasteiger partial charge in [0.1, 0.15) is 11.5 Å². The molecule has 1 aromatic carbocycles. The van der Waals surface area contributed by atoms with Gasteiger partial charge in [0.05, 0.1) is 29.9 Å². The Morgan fingerprint density at radius 3 is 2.89 bits per heavy atom. The average Bonchev–Trinajstić information content (AvgIpc) is 3.08. The molecule has 0 amide bonds. The van der Waals surface area contributed by atoms with Crippen LogP contribution in [0.15, 0.2) is 53.8 Å². The molecule has 138 valence electrons. The molecule has 27 heavy (non-hydrogen) atoms. The summed E-state index contributed by atoms with van der Waals surface area (Å²) in [5.41, 5.74) is 5.24. The van der Waals surface area contributed by atoms with Crippen molar-refractivity contribution in [3.63, 3.8) is 0 Å². The zero-order chi connectivity index (χ0) is 18.6. The van der Waals surface area contributed by atoms with Crippen molar-refractivity contribution in [2.75, 3.05) is 26.3 Å². The maximum absolute atomic E-state index is 11.1. The molecule has 1 N–H and O–H groups in total. The number of hydrogen-bond donors (Lipinski definition) is 1. The summed E-state index contributed by atoms with van der Waals surface area (Å²) in [7, 11) is 0. The number of non-ortho nitro benzene ring substituents is 1. The van der Waals surface area contributed by atoms with Crippen LogP contribution < -0.4 is 5.53 Å². The molecule has 0 bridgehead atoms. The van der Waals surface area contributed by atoms with Gasteiger partial charge in [-0.15, -0.1) is 0 Å². The fourth-order valence-corrected chi connectivity index (χ4v) is 2.95. The van der Waals surface area contributed by atoms with Gasteiger partial charge in [0.2, 0.25) is 0 Å². The van der Waals surface area contributed by atoms with Crippen LogP contribution in [0.5, 0.6) is 0 Å². The third-order valence-corrected chi connectivity index (χ3v) is 4.29. The SMILES string of the molecule is O=[N+]([O-])c1cccc(-c2nc(C=NNN3CCOCC3)c3ccccn23)c1. The number of imidazole rings is 1. The smallest absolute Gasteiger partial charge is 0.270 e. The van der Waals surface area contributed by atoms with Crippen LogP contribution in [0, 0.1) is 10.1 Å². The van der Waals surface area contributed by atoms with Gasteiger partial charge in [-0.3, -0.25) is 14.5 Å². The maximum atomic E-state index is 11.1.